The Morgan fingerprint density at radius 1 is 1.08 bits per heavy atom. The van der Waals surface area contributed by atoms with Crippen LogP contribution in [0.25, 0.3) is 10.4 Å². The minimum atomic E-state index is -3.88. The van der Waals surface area contributed by atoms with E-state index in [-0.39, 0.29) is 21.4 Å². The molecule has 0 spiro atoms. The largest absolute Gasteiger partial charge is 0.478 e. The number of benzene rings is 1. The van der Waals surface area contributed by atoms with E-state index in [2.05, 4.69) is 4.72 Å². The number of rotatable bonds is 6. The summed E-state index contributed by atoms with van der Waals surface area (Å²) in [6.07, 6.45) is 0. The molecular formula is C15H15NO6S2. The van der Waals surface area contributed by atoms with E-state index in [0.717, 1.165) is 17.4 Å². The van der Waals surface area contributed by atoms with Crippen molar-refractivity contribution in [3.8, 4) is 10.4 Å². The fraction of sp³-hybridized carbons (Fsp3) is 0.200. The normalized spacial score (nSPS) is 11.6. The SMILES string of the molecule is CC(C)NS(=O)(=O)c1cc(C(=O)O)cc(-c2ccc(C(=O)O)s2)c1. The number of carboxylic acids is 2. The zero-order valence-electron chi connectivity index (χ0n) is 12.8. The van der Waals surface area contributed by atoms with Gasteiger partial charge in [0.1, 0.15) is 4.88 Å². The predicted molar refractivity (Wildman–Crippen MR) is 89.1 cm³/mol. The molecule has 0 aliphatic heterocycles. The molecule has 2 rings (SSSR count). The maximum absolute atomic E-state index is 12.3. The minimum absolute atomic E-state index is 0.0791. The molecule has 0 fully saturated rings. The summed E-state index contributed by atoms with van der Waals surface area (Å²) in [5.74, 6) is -2.37. The van der Waals surface area contributed by atoms with Crippen molar-refractivity contribution in [2.75, 3.05) is 0 Å². The average molecular weight is 369 g/mol. The van der Waals surface area contributed by atoms with Crippen LogP contribution in [-0.2, 0) is 10.0 Å². The molecule has 0 amide bonds. The highest BCUT2D eigenvalue weighted by molar-refractivity contribution is 7.89. The molecular weight excluding hydrogens is 354 g/mol. The molecule has 0 atom stereocenters. The van der Waals surface area contributed by atoms with E-state index < -0.39 is 22.0 Å². The Hall–Kier alpha value is -2.23. The van der Waals surface area contributed by atoms with Crippen LogP contribution in [0, 0.1) is 0 Å². The molecule has 1 aromatic heterocycles. The zero-order chi connectivity index (χ0) is 18.1. The Morgan fingerprint density at radius 3 is 2.25 bits per heavy atom. The Kier molecular flexibility index (Phi) is 5.07. The van der Waals surface area contributed by atoms with Crippen molar-refractivity contribution < 1.29 is 28.2 Å². The summed E-state index contributed by atoms with van der Waals surface area (Å²) in [5, 5.41) is 18.2. The van der Waals surface area contributed by atoms with Gasteiger partial charge in [0.2, 0.25) is 10.0 Å². The van der Waals surface area contributed by atoms with Crippen LogP contribution in [0.15, 0.2) is 35.2 Å². The first-order valence-electron chi connectivity index (χ1n) is 6.84. The van der Waals surface area contributed by atoms with E-state index in [9.17, 15) is 23.1 Å². The predicted octanol–water partition coefficient (Wildman–Crippen LogP) is 2.50. The summed E-state index contributed by atoms with van der Waals surface area (Å²) in [6, 6.07) is 6.26. The van der Waals surface area contributed by atoms with Crippen molar-refractivity contribution >= 4 is 33.3 Å². The number of thiophene rings is 1. The lowest BCUT2D eigenvalue weighted by atomic mass is 10.1. The van der Waals surface area contributed by atoms with Crippen LogP contribution >= 0.6 is 11.3 Å². The lowest BCUT2D eigenvalue weighted by Crippen LogP contribution is -2.30. The molecule has 0 radical (unpaired) electrons. The van der Waals surface area contributed by atoms with Crippen molar-refractivity contribution in [1.82, 2.24) is 4.72 Å². The molecule has 3 N–H and O–H groups in total. The molecule has 0 aliphatic rings. The van der Waals surface area contributed by atoms with Crippen LogP contribution in [-0.4, -0.2) is 36.6 Å². The van der Waals surface area contributed by atoms with Crippen molar-refractivity contribution in [3.63, 3.8) is 0 Å². The monoisotopic (exact) mass is 369 g/mol. The van der Waals surface area contributed by atoms with Gasteiger partial charge < -0.3 is 10.2 Å². The van der Waals surface area contributed by atoms with Crippen LogP contribution in [0.3, 0.4) is 0 Å². The van der Waals surface area contributed by atoms with Gasteiger partial charge in [0, 0.05) is 10.9 Å². The molecule has 24 heavy (non-hydrogen) atoms. The lowest BCUT2D eigenvalue weighted by Gasteiger charge is -2.11. The first-order valence-corrected chi connectivity index (χ1v) is 9.14. The maximum Gasteiger partial charge on any atom is 0.345 e. The quantitative estimate of drug-likeness (QED) is 0.719. The molecule has 0 bridgehead atoms. The van der Waals surface area contributed by atoms with Crippen molar-refractivity contribution in [3.05, 3.63) is 40.8 Å². The van der Waals surface area contributed by atoms with E-state index in [1.165, 1.54) is 24.3 Å². The third kappa shape index (κ3) is 3.99. The topological polar surface area (TPSA) is 121 Å². The summed E-state index contributed by atoms with van der Waals surface area (Å²) in [4.78, 5) is 22.6. The van der Waals surface area contributed by atoms with Gasteiger partial charge in [-0.05, 0) is 49.7 Å². The van der Waals surface area contributed by atoms with E-state index >= 15 is 0 Å². The highest BCUT2D eigenvalue weighted by atomic mass is 32.2. The van der Waals surface area contributed by atoms with Gasteiger partial charge in [0.15, 0.2) is 0 Å². The van der Waals surface area contributed by atoms with Gasteiger partial charge in [-0.15, -0.1) is 11.3 Å². The molecule has 0 saturated carbocycles. The van der Waals surface area contributed by atoms with E-state index in [1.54, 1.807) is 13.8 Å². The van der Waals surface area contributed by atoms with Crippen LogP contribution in [0.4, 0.5) is 0 Å². The van der Waals surface area contributed by atoms with Crippen LogP contribution < -0.4 is 4.72 Å². The molecule has 0 unspecified atom stereocenters. The number of carbonyl (C=O) groups is 2. The Balaban J connectivity index is 2.60. The molecule has 0 saturated heterocycles. The van der Waals surface area contributed by atoms with Crippen LogP contribution in [0.2, 0.25) is 0 Å². The molecule has 9 heteroatoms. The number of carboxylic acid groups (broad SMARTS) is 2. The fourth-order valence-corrected chi connectivity index (χ4v) is 4.16. The van der Waals surface area contributed by atoms with Crippen LogP contribution in [0.5, 0.6) is 0 Å². The summed E-state index contributed by atoms with van der Waals surface area (Å²) in [6.45, 7) is 3.30. The second-order valence-electron chi connectivity index (χ2n) is 5.30. The molecule has 2 aromatic rings. The summed E-state index contributed by atoms with van der Waals surface area (Å²) < 4.78 is 27.0. The average Bonchev–Trinajstić information content (AvgIpc) is 2.95. The van der Waals surface area contributed by atoms with Crippen molar-refractivity contribution in [1.29, 1.82) is 0 Å². The van der Waals surface area contributed by atoms with Gasteiger partial charge in [0.25, 0.3) is 0 Å². The smallest absolute Gasteiger partial charge is 0.345 e. The summed E-state index contributed by atoms with van der Waals surface area (Å²) >= 11 is 0.940. The molecule has 7 nitrogen and oxygen atoms in total. The molecule has 128 valence electrons. The Morgan fingerprint density at radius 2 is 1.75 bits per heavy atom. The van der Waals surface area contributed by atoms with Crippen molar-refractivity contribution in [2.45, 2.75) is 24.8 Å². The third-order valence-corrected chi connectivity index (χ3v) is 5.72. The number of nitrogens with one attached hydrogen (secondary N) is 1. The van der Waals surface area contributed by atoms with Crippen LogP contribution in [0.1, 0.15) is 33.9 Å². The lowest BCUT2D eigenvalue weighted by molar-refractivity contribution is 0.0688. The fourth-order valence-electron chi connectivity index (χ4n) is 2.01. The van der Waals surface area contributed by atoms with Gasteiger partial charge in [-0.3, -0.25) is 0 Å². The Bertz CT molecular complexity index is 898. The first kappa shape index (κ1) is 18.1. The second-order valence-corrected chi connectivity index (χ2v) is 8.09. The minimum Gasteiger partial charge on any atom is -0.478 e. The van der Waals surface area contributed by atoms with Gasteiger partial charge in [-0.25, -0.2) is 22.7 Å². The maximum atomic E-state index is 12.3. The van der Waals surface area contributed by atoms with Gasteiger partial charge >= 0.3 is 11.9 Å². The number of aromatic carboxylic acids is 2. The molecule has 0 aliphatic carbocycles. The highest BCUT2D eigenvalue weighted by Gasteiger charge is 2.20. The Labute approximate surface area is 142 Å². The third-order valence-electron chi connectivity index (χ3n) is 2.96. The number of hydrogen-bond acceptors (Lipinski definition) is 5. The number of hydrogen-bond donors (Lipinski definition) is 3. The highest BCUT2D eigenvalue weighted by Crippen LogP contribution is 2.31. The first-order chi connectivity index (χ1) is 11.1. The van der Waals surface area contributed by atoms with Gasteiger partial charge in [0.05, 0.1) is 10.5 Å². The molecule has 1 heterocycles. The van der Waals surface area contributed by atoms with Gasteiger partial charge in [-0.1, -0.05) is 0 Å². The van der Waals surface area contributed by atoms with Crippen molar-refractivity contribution in [2.24, 2.45) is 0 Å². The number of sulfonamides is 1. The van der Waals surface area contributed by atoms with E-state index in [1.807, 2.05) is 0 Å². The van der Waals surface area contributed by atoms with E-state index in [4.69, 9.17) is 5.11 Å². The summed E-state index contributed by atoms with van der Waals surface area (Å²) in [5.41, 5.74) is 0.137. The van der Waals surface area contributed by atoms with E-state index in [0.29, 0.717) is 10.4 Å². The molecule has 1 aromatic carbocycles. The van der Waals surface area contributed by atoms with Gasteiger partial charge in [-0.2, -0.15) is 0 Å². The summed E-state index contributed by atoms with van der Waals surface area (Å²) in [7, 11) is -3.88. The second kappa shape index (κ2) is 6.71. The standard InChI is InChI=1S/C15H15NO6S2/c1-8(2)16-24(21,22)11-6-9(5-10(7-11)14(17)18)12-3-4-13(23-12)15(19)20/h3-8,16H,1-2H3,(H,17,18)(H,19,20). The zero-order valence-corrected chi connectivity index (χ0v) is 14.4.